The molecule has 1 atom stereocenters. The van der Waals surface area contributed by atoms with Crippen molar-refractivity contribution in [2.45, 2.75) is 18.4 Å². The third-order valence-electron chi connectivity index (χ3n) is 6.67. The zero-order valence-corrected chi connectivity index (χ0v) is 21.6. The molecule has 41 heavy (non-hydrogen) atoms. The van der Waals surface area contributed by atoms with Crippen molar-refractivity contribution in [1.29, 1.82) is 0 Å². The monoisotopic (exact) mass is 563 g/mol. The van der Waals surface area contributed by atoms with Gasteiger partial charge in [-0.3, -0.25) is 14.4 Å². The Morgan fingerprint density at radius 2 is 1.71 bits per heavy atom. The third kappa shape index (κ3) is 4.21. The molecule has 0 radical (unpaired) electrons. The quantitative estimate of drug-likeness (QED) is 0.182. The Balaban J connectivity index is 1.57. The van der Waals surface area contributed by atoms with Gasteiger partial charge in [0, 0.05) is 22.7 Å². The van der Waals surface area contributed by atoms with Gasteiger partial charge in [-0.15, -0.1) is 0 Å². The van der Waals surface area contributed by atoms with Crippen molar-refractivity contribution in [2.24, 2.45) is 0 Å². The van der Waals surface area contributed by atoms with Gasteiger partial charge in [0.15, 0.2) is 17.1 Å². The average Bonchev–Trinajstić information content (AvgIpc) is 3.60. The second-order valence-electron chi connectivity index (χ2n) is 9.18. The van der Waals surface area contributed by atoms with Crippen LogP contribution in [0.2, 0.25) is 0 Å². The van der Waals surface area contributed by atoms with E-state index in [0.717, 1.165) is 10.9 Å². The number of cyclic esters (lactones) is 1. The summed E-state index contributed by atoms with van der Waals surface area (Å²) in [5.41, 5.74) is -1.71. The van der Waals surface area contributed by atoms with Gasteiger partial charge in [-0.2, -0.15) is 0 Å². The predicted octanol–water partition coefficient (Wildman–Crippen LogP) is 2.03. The number of carbonyl (C=O) groups is 4. The van der Waals surface area contributed by atoms with E-state index in [4.69, 9.17) is 28.4 Å². The maximum atomic E-state index is 14.1. The number of esters is 3. The number of hydrogen-bond acceptors (Lipinski definition) is 12. The SMILES string of the molecule is COc1c2c3c(C(=O)c4cnc(-c5c[nH]c6ccccc56)[nH]4)c(c1OC)OC(=O)C(O)(CC(=O)OCO2)CC(=O)O3. The molecule has 2 aliphatic rings. The van der Waals surface area contributed by atoms with Crippen molar-refractivity contribution in [3.63, 3.8) is 0 Å². The van der Waals surface area contributed by atoms with Gasteiger partial charge in [0.1, 0.15) is 17.1 Å². The molecule has 2 aromatic heterocycles. The minimum atomic E-state index is -2.69. The lowest BCUT2D eigenvalue weighted by atomic mass is 9.95. The number of H-pyrrole nitrogens is 2. The number of imidazole rings is 1. The Kier molecular flexibility index (Phi) is 6.11. The molecule has 2 aliphatic heterocycles. The molecule has 14 heteroatoms. The highest BCUT2D eigenvalue weighted by molar-refractivity contribution is 6.14. The van der Waals surface area contributed by atoms with E-state index in [0.29, 0.717) is 11.4 Å². The Morgan fingerprint density at radius 3 is 2.49 bits per heavy atom. The number of aliphatic hydroxyl groups is 1. The fourth-order valence-corrected chi connectivity index (χ4v) is 4.75. The molecule has 6 rings (SSSR count). The summed E-state index contributed by atoms with van der Waals surface area (Å²) in [7, 11) is 2.43. The van der Waals surface area contributed by atoms with E-state index in [1.807, 2.05) is 24.3 Å². The number of aromatic amines is 2. The van der Waals surface area contributed by atoms with Gasteiger partial charge in [-0.25, -0.2) is 9.78 Å². The van der Waals surface area contributed by atoms with E-state index in [1.54, 1.807) is 6.20 Å². The Hall–Kier alpha value is -5.37. The van der Waals surface area contributed by atoms with E-state index in [9.17, 15) is 24.3 Å². The summed E-state index contributed by atoms with van der Waals surface area (Å²) in [5, 5.41) is 11.9. The molecule has 210 valence electrons. The number of nitrogens with zero attached hydrogens (tertiary/aromatic N) is 1. The molecule has 4 heterocycles. The van der Waals surface area contributed by atoms with Gasteiger partial charge in [0.25, 0.3) is 0 Å². The number of rotatable bonds is 5. The van der Waals surface area contributed by atoms with Gasteiger partial charge in [0.2, 0.25) is 29.8 Å². The molecular weight excluding hydrogens is 542 g/mol. The fraction of sp³-hybridized carbons (Fsp3) is 0.222. The number of benzene rings is 2. The van der Waals surface area contributed by atoms with Gasteiger partial charge in [-0.05, 0) is 6.07 Å². The van der Waals surface area contributed by atoms with Crippen molar-refractivity contribution in [2.75, 3.05) is 21.0 Å². The topological polar surface area (TPSA) is 188 Å². The van der Waals surface area contributed by atoms with Crippen molar-refractivity contribution in [3.05, 3.63) is 47.9 Å². The molecule has 3 bridgehead atoms. The summed E-state index contributed by atoms with van der Waals surface area (Å²) in [6, 6.07) is 7.49. The molecule has 2 aromatic carbocycles. The van der Waals surface area contributed by atoms with Crippen LogP contribution in [0.1, 0.15) is 28.9 Å². The number of ketones is 1. The lowest BCUT2D eigenvalue weighted by Gasteiger charge is -2.25. The summed E-state index contributed by atoms with van der Waals surface area (Å²) >= 11 is 0. The highest BCUT2D eigenvalue weighted by atomic mass is 16.7. The first-order valence-corrected chi connectivity index (χ1v) is 12.2. The Labute approximate surface area is 230 Å². The van der Waals surface area contributed by atoms with Crippen LogP contribution in [0.5, 0.6) is 28.7 Å². The van der Waals surface area contributed by atoms with E-state index >= 15 is 0 Å². The molecule has 4 aromatic rings. The number of aromatic nitrogens is 3. The van der Waals surface area contributed by atoms with E-state index in [2.05, 4.69) is 15.0 Å². The minimum Gasteiger partial charge on any atom is -0.490 e. The number of fused-ring (bicyclic) bond motifs is 5. The summed E-state index contributed by atoms with van der Waals surface area (Å²) < 4.78 is 32.4. The molecule has 0 fully saturated rings. The molecule has 1 unspecified atom stereocenters. The highest BCUT2D eigenvalue weighted by Crippen LogP contribution is 2.55. The predicted molar refractivity (Wildman–Crippen MR) is 136 cm³/mol. The van der Waals surface area contributed by atoms with E-state index in [1.165, 1.54) is 20.4 Å². The van der Waals surface area contributed by atoms with Crippen LogP contribution in [0.15, 0.2) is 36.7 Å². The van der Waals surface area contributed by atoms with Crippen molar-refractivity contribution >= 4 is 34.6 Å². The molecule has 3 N–H and O–H groups in total. The fourth-order valence-electron chi connectivity index (χ4n) is 4.75. The zero-order chi connectivity index (χ0) is 28.9. The van der Waals surface area contributed by atoms with Crippen LogP contribution in [0.25, 0.3) is 22.3 Å². The number of ether oxygens (including phenoxy) is 6. The smallest absolute Gasteiger partial charge is 0.344 e. The standard InChI is InChI=1S/C27H21N3O11/c1-36-22-20-18(19(33)15-10-29-25(30-15)13-9-28-14-6-4-3-5-12(13)14)21-24(23(22)37-2)39-11-38-16(31)7-27(35,26(34)41-20)8-17(32)40-21/h3-6,9-10,28,35H,7-8,11H2,1-2H3,(H,29,30). The molecule has 0 aliphatic carbocycles. The summed E-state index contributed by atoms with van der Waals surface area (Å²) in [4.78, 5) is 63.0. The Bertz CT molecular complexity index is 1750. The maximum absolute atomic E-state index is 14.1. The van der Waals surface area contributed by atoms with Crippen LogP contribution in [0.3, 0.4) is 0 Å². The van der Waals surface area contributed by atoms with Gasteiger partial charge >= 0.3 is 17.9 Å². The van der Waals surface area contributed by atoms with Crippen LogP contribution >= 0.6 is 0 Å². The molecular formula is C27H21N3O11. The first-order valence-electron chi connectivity index (χ1n) is 12.2. The lowest BCUT2D eigenvalue weighted by molar-refractivity contribution is -0.170. The number of para-hydroxylation sites is 1. The summed E-state index contributed by atoms with van der Waals surface area (Å²) in [6.45, 7) is -0.740. The number of methoxy groups -OCH3 is 2. The zero-order valence-electron chi connectivity index (χ0n) is 21.6. The lowest BCUT2D eigenvalue weighted by Crippen LogP contribution is -2.46. The normalized spacial score (nSPS) is 18.5. The maximum Gasteiger partial charge on any atom is 0.344 e. The largest absolute Gasteiger partial charge is 0.490 e. The first-order chi connectivity index (χ1) is 19.7. The summed E-state index contributed by atoms with van der Waals surface area (Å²) in [6.07, 6.45) is 1.04. The van der Waals surface area contributed by atoms with Crippen LogP contribution in [0.4, 0.5) is 0 Å². The highest BCUT2D eigenvalue weighted by Gasteiger charge is 2.48. The minimum absolute atomic E-state index is 0.0777. The molecule has 0 amide bonds. The van der Waals surface area contributed by atoms with E-state index in [-0.39, 0.29) is 22.9 Å². The van der Waals surface area contributed by atoms with Crippen molar-refractivity contribution in [3.8, 4) is 40.1 Å². The molecule has 0 saturated carbocycles. The summed E-state index contributed by atoms with van der Waals surface area (Å²) in [5.74, 6) is -6.05. The van der Waals surface area contributed by atoms with Crippen molar-refractivity contribution < 1.29 is 52.7 Å². The molecule has 0 spiro atoms. The second-order valence-corrected chi connectivity index (χ2v) is 9.18. The van der Waals surface area contributed by atoms with Crippen LogP contribution < -0.4 is 23.7 Å². The second kappa shape index (κ2) is 9.67. The van der Waals surface area contributed by atoms with Crippen LogP contribution in [0, 0.1) is 0 Å². The van der Waals surface area contributed by atoms with Gasteiger partial charge in [-0.1, -0.05) is 18.2 Å². The van der Waals surface area contributed by atoms with Gasteiger partial charge < -0.3 is 43.5 Å². The van der Waals surface area contributed by atoms with E-state index < -0.39 is 66.0 Å². The van der Waals surface area contributed by atoms with Gasteiger partial charge in [0.05, 0.1) is 33.3 Å². The third-order valence-corrected chi connectivity index (χ3v) is 6.67. The van der Waals surface area contributed by atoms with Crippen molar-refractivity contribution in [1.82, 2.24) is 15.0 Å². The average molecular weight is 563 g/mol. The number of nitrogens with one attached hydrogen (secondary N) is 2. The number of hydrogen-bond donors (Lipinski definition) is 3. The Morgan fingerprint density at radius 1 is 0.976 bits per heavy atom. The van der Waals surface area contributed by atoms with Crippen LogP contribution in [-0.4, -0.2) is 70.4 Å². The molecule has 0 saturated heterocycles. The first kappa shape index (κ1) is 25.9. The van der Waals surface area contributed by atoms with Crippen LogP contribution in [-0.2, 0) is 19.1 Å². The molecule has 14 nitrogen and oxygen atoms in total. The number of carbonyl (C=O) groups excluding carboxylic acids is 4.